The molecule has 4 rings (SSSR count). The molecule has 152 valence electrons. The molecule has 1 aliphatic carbocycles. The van der Waals surface area contributed by atoms with E-state index in [4.69, 9.17) is 0 Å². The van der Waals surface area contributed by atoms with E-state index < -0.39 is 0 Å². The molecule has 1 aliphatic rings. The molecule has 4 heteroatoms. The molecule has 0 amide bonds. The van der Waals surface area contributed by atoms with Crippen molar-refractivity contribution >= 4 is 28.6 Å². The van der Waals surface area contributed by atoms with Crippen LogP contribution in [0.3, 0.4) is 0 Å². The number of hydrogen-bond acceptors (Lipinski definition) is 4. The van der Waals surface area contributed by atoms with E-state index in [1.807, 2.05) is 24.3 Å². The zero-order chi connectivity index (χ0) is 21.3. The summed E-state index contributed by atoms with van der Waals surface area (Å²) in [6, 6.07) is 19.0. The van der Waals surface area contributed by atoms with Gasteiger partial charge in [0.05, 0.1) is 16.8 Å². The highest BCUT2D eigenvalue weighted by atomic mass is 16.1. The third-order valence-electron chi connectivity index (χ3n) is 5.86. The number of nitrogens with one attached hydrogen (secondary N) is 2. The topological polar surface area (TPSA) is 58.2 Å². The van der Waals surface area contributed by atoms with Crippen LogP contribution in [0.15, 0.2) is 60.7 Å². The average molecular weight is 399 g/mol. The van der Waals surface area contributed by atoms with Crippen molar-refractivity contribution in [3.8, 4) is 0 Å². The van der Waals surface area contributed by atoms with Gasteiger partial charge in [-0.1, -0.05) is 56.7 Å². The van der Waals surface area contributed by atoms with E-state index in [-0.39, 0.29) is 11.6 Å². The molecule has 0 spiro atoms. The van der Waals surface area contributed by atoms with Crippen LogP contribution in [0.4, 0.5) is 17.1 Å². The van der Waals surface area contributed by atoms with Crippen LogP contribution >= 0.6 is 0 Å². The van der Waals surface area contributed by atoms with Crippen LogP contribution in [0.2, 0.25) is 0 Å². The van der Waals surface area contributed by atoms with Crippen molar-refractivity contribution in [3.63, 3.8) is 0 Å². The van der Waals surface area contributed by atoms with Gasteiger partial charge in [-0.3, -0.25) is 9.59 Å². The van der Waals surface area contributed by atoms with Gasteiger partial charge in [0.15, 0.2) is 11.6 Å². The summed E-state index contributed by atoms with van der Waals surface area (Å²) in [5.41, 5.74) is 5.25. The van der Waals surface area contributed by atoms with Crippen molar-refractivity contribution in [2.45, 2.75) is 26.7 Å². The maximum Gasteiger partial charge on any atom is 0.196 e. The molecule has 0 radical (unpaired) electrons. The molecule has 3 aromatic rings. The van der Waals surface area contributed by atoms with Crippen LogP contribution < -0.4 is 10.6 Å². The summed E-state index contributed by atoms with van der Waals surface area (Å²) in [7, 11) is 1.76. The van der Waals surface area contributed by atoms with E-state index in [2.05, 4.69) is 36.6 Å². The Morgan fingerprint density at radius 3 is 1.93 bits per heavy atom. The van der Waals surface area contributed by atoms with E-state index in [1.54, 1.807) is 31.3 Å². The van der Waals surface area contributed by atoms with Gasteiger partial charge in [-0.15, -0.1) is 0 Å². The summed E-state index contributed by atoms with van der Waals surface area (Å²) in [4.78, 5) is 26.5. The Hall–Kier alpha value is -3.40. The highest BCUT2D eigenvalue weighted by molar-refractivity contribution is 6.32. The molecule has 0 saturated carbocycles. The van der Waals surface area contributed by atoms with Gasteiger partial charge in [-0.25, -0.2) is 0 Å². The number of ketones is 2. The van der Waals surface area contributed by atoms with E-state index in [0.29, 0.717) is 39.5 Å². The highest BCUT2D eigenvalue weighted by Gasteiger charge is 2.33. The minimum absolute atomic E-state index is 0.128. The van der Waals surface area contributed by atoms with Gasteiger partial charge >= 0.3 is 0 Å². The summed E-state index contributed by atoms with van der Waals surface area (Å²) in [6.45, 7) is 4.46. The second kappa shape index (κ2) is 8.15. The maximum absolute atomic E-state index is 13.3. The minimum Gasteiger partial charge on any atom is -0.388 e. The smallest absolute Gasteiger partial charge is 0.196 e. The summed E-state index contributed by atoms with van der Waals surface area (Å²) in [5, 5.41) is 6.42. The van der Waals surface area contributed by atoms with Crippen LogP contribution in [0.25, 0.3) is 0 Å². The van der Waals surface area contributed by atoms with Crippen LogP contribution in [-0.2, 0) is 6.42 Å². The first-order chi connectivity index (χ1) is 14.5. The fourth-order valence-corrected chi connectivity index (χ4v) is 3.96. The molecule has 0 saturated heterocycles. The van der Waals surface area contributed by atoms with E-state index >= 15 is 0 Å². The molecular weight excluding hydrogens is 372 g/mol. The molecule has 3 aromatic carbocycles. The van der Waals surface area contributed by atoms with Crippen molar-refractivity contribution in [2.75, 3.05) is 17.7 Å². The molecule has 0 fully saturated rings. The van der Waals surface area contributed by atoms with E-state index in [9.17, 15) is 9.59 Å². The Morgan fingerprint density at radius 2 is 1.37 bits per heavy atom. The zero-order valence-electron chi connectivity index (χ0n) is 17.6. The highest BCUT2D eigenvalue weighted by Crippen LogP contribution is 2.37. The van der Waals surface area contributed by atoms with Crippen molar-refractivity contribution in [3.05, 3.63) is 88.5 Å². The normalized spacial score (nSPS) is 13.4. The Bertz CT molecular complexity index is 1120. The lowest BCUT2D eigenvalue weighted by Crippen LogP contribution is -2.23. The number of carbonyl (C=O) groups excluding carboxylic acids is 2. The van der Waals surface area contributed by atoms with Gasteiger partial charge < -0.3 is 10.6 Å². The van der Waals surface area contributed by atoms with Crippen LogP contribution in [0, 0.1) is 5.92 Å². The first-order valence-corrected chi connectivity index (χ1v) is 10.4. The summed E-state index contributed by atoms with van der Waals surface area (Å²) < 4.78 is 0. The van der Waals surface area contributed by atoms with Crippen molar-refractivity contribution in [1.29, 1.82) is 0 Å². The fourth-order valence-electron chi connectivity index (χ4n) is 3.96. The standard InChI is InChI=1S/C26H26N2O2/c1-4-16(2)15-17-9-11-18(12-10-17)28-22-14-13-21(27-3)23-24(22)26(30)20-8-6-5-7-19(20)25(23)29/h5-14,16,27-28H,4,15H2,1-3H3. The van der Waals surface area contributed by atoms with Gasteiger partial charge in [0.1, 0.15) is 0 Å². The maximum atomic E-state index is 13.3. The number of hydrogen-bond donors (Lipinski definition) is 2. The lowest BCUT2D eigenvalue weighted by Gasteiger charge is -2.23. The van der Waals surface area contributed by atoms with Crippen LogP contribution in [0.5, 0.6) is 0 Å². The zero-order valence-corrected chi connectivity index (χ0v) is 17.6. The molecule has 30 heavy (non-hydrogen) atoms. The molecule has 0 bridgehead atoms. The number of benzene rings is 3. The minimum atomic E-state index is -0.131. The molecule has 0 aliphatic heterocycles. The predicted molar refractivity (Wildman–Crippen MR) is 122 cm³/mol. The number of fused-ring (bicyclic) bond motifs is 2. The van der Waals surface area contributed by atoms with Gasteiger partial charge in [-0.2, -0.15) is 0 Å². The summed E-state index contributed by atoms with van der Waals surface area (Å²) >= 11 is 0. The number of rotatable bonds is 6. The molecular formula is C26H26N2O2. The monoisotopic (exact) mass is 398 g/mol. The number of carbonyl (C=O) groups is 2. The second-order valence-electron chi connectivity index (χ2n) is 7.90. The summed E-state index contributed by atoms with van der Waals surface area (Å²) in [5.74, 6) is 0.388. The van der Waals surface area contributed by atoms with E-state index in [1.165, 1.54) is 5.56 Å². The third-order valence-corrected chi connectivity index (χ3v) is 5.86. The molecule has 1 unspecified atom stereocenters. The molecule has 4 nitrogen and oxygen atoms in total. The molecule has 0 aromatic heterocycles. The number of anilines is 3. The Kier molecular flexibility index (Phi) is 5.40. The van der Waals surface area contributed by atoms with Gasteiger partial charge in [0.25, 0.3) is 0 Å². The van der Waals surface area contributed by atoms with Gasteiger partial charge in [0.2, 0.25) is 0 Å². The predicted octanol–water partition coefficient (Wildman–Crippen LogP) is 5.84. The average Bonchev–Trinajstić information content (AvgIpc) is 2.78. The lowest BCUT2D eigenvalue weighted by atomic mass is 9.82. The fraction of sp³-hybridized carbons (Fsp3) is 0.231. The summed E-state index contributed by atoms with van der Waals surface area (Å²) in [6.07, 6.45) is 2.20. The van der Waals surface area contributed by atoms with Gasteiger partial charge in [-0.05, 0) is 42.2 Å². The Balaban J connectivity index is 1.72. The largest absolute Gasteiger partial charge is 0.388 e. The first kappa shape index (κ1) is 19.9. The SMILES string of the molecule is CCC(C)Cc1ccc(Nc2ccc(NC)c3c2C(=O)c2ccccc2C3=O)cc1. The Morgan fingerprint density at radius 1 is 0.800 bits per heavy atom. The van der Waals surface area contributed by atoms with Crippen molar-refractivity contribution in [2.24, 2.45) is 5.92 Å². The second-order valence-corrected chi connectivity index (χ2v) is 7.90. The Labute approximate surface area is 177 Å². The van der Waals surface area contributed by atoms with Gasteiger partial charge in [0, 0.05) is 29.5 Å². The van der Waals surface area contributed by atoms with Crippen LogP contribution in [-0.4, -0.2) is 18.6 Å². The molecule has 0 heterocycles. The van der Waals surface area contributed by atoms with Crippen LogP contribution in [0.1, 0.15) is 57.7 Å². The quantitative estimate of drug-likeness (QED) is 0.429. The third kappa shape index (κ3) is 3.50. The first-order valence-electron chi connectivity index (χ1n) is 10.4. The molecule has 2 N–H and O–H groups in total. The molecule has 1 atom stereocenters. The van der Waals surface area contributed by atoms with E-state index in [0.717, 1.165) is 18.5 Å². The van der Waals surface area contributed by atoms with Crippen molar-refractivity contribution < 1.29 is 9.59 Å². The van der Waals surface area contributed by atoms with Crippen molar-refractivity contribution in [1.82, 2.24) is 0 Å². The lowest BCUT2D eigenvalue weighted by molar-refractivity contribution is 0.0980.